The van der Waals surface area contributed by atoms with E-state index in [4.69, 9.17) is 13.9 Å². The molecule has 0 heterocycles. The van der Waals surface area contributed by atoms with Crippen LogP contribution in [-0.4, -0.2) is 27.1 Å². The summed E-state index contributed by atoms with van der Waals surface area (Å²) in [7, 11) is 1.45. The second-order valence-electron chi connectivity index (χ2n) is 6.22. The van der Waals surface area contributed by atoms with Gasteiger partial charge in [-0.05, 0) is 0 Å². The molecule has 0 aliphatic heterocycles. The number of rotatable bonds is 5. The van der Waals surface area contributed by atoms with Crippen molar-refractivity contribution in [3.05, 3.63) is 23.8 Å². The topological polar surface area (TPSA) is 27.7 Å². The van der Waals surface area contributed by atoms with Gasteiger partial charge >= 0.3 is 131 Å². The number of methoxy groups -OCH3 is 2. The fourth-order valence-corrected chi connectivity index (χ4v) is 2.75. The Morgan fingerprint density at radius 1 is 1.15 bits per heavy atom. The molecule has 0 spiro atoms. The molecule has 1 aromatic rings. The third kappa shape index (κ3) is 3.95. The molecule has 0 bridgehead atoms. The Morgan fingerprint density at radius 3 is 2.20 bits per heavy atom. The van der Waals surface area contributed by atoms with Crippen molar-refractivity contribution in [1.82, 2.24) is 0 Å². The Labute approximate surface area is 131 Å². The summed E-state index contributed by atoms with van der Waals surface area (Å²) < 4.78 is 17.6. The van der Waals surface area contributed by atoms with Gasteiger partial charge in [-0.3, -0.25) is 0 Å². The summed E-state index contributed by atoms with van der Waals surface area (Å²) in [5, 5.41) is 0.168. The van der Waals surface area contributed by atoms with Gasteiger partial charge in [0.2, 0.25) is 0 Å². The first-order valence-corrected chi connectivity index (χ1v) is 10.1. The average Bonchev–Trinajstić information content (AvgIpc) is 2.35. The normalized spacial score (nSPS) is 12.2. The first-order chi connectivity index (χ1) is 9.12. The number of hydrogen-bond acceptors (Lipinski definition) is 3. The van der Waals surface area contributed by atoms with Crippen molar-refractivity contribution < 1.29 is 29.8 Å². The van der Waals surface area contributed by atoms with E-state index in [-0.39, 0.29) is 5.04 Å². The zero-order valence-corrected chi connectivity index (χ0v) is 15.6. The third-order valence-electron chi connectivity index (χ3n) is 3.76. The van der Waals surface area contributed by atoms with Gasteiger partial charge < -0.3 is 0 Å². The van der Waals surface area contributed by atoms with Crippen molar-refractivity contribution in [2.24, 2.45) is 0 Å². The predicted molar refractivity (Wildman–Crippen MR) is 81.9 cm³/mol. The summed E-state index contributed by atoms with van der Waals surface area (Å²) in [4.78, 5) is 0. The van der Waals surface area contributed by atoms with Crippen molar-refractivity contribution >= 4 is 12.9 Å². The van der Waals surface area contributed by atoms with E-state index in [9.17, 15) is 0 Å². The van der Waals surface area contributed by atoms with Gasteiger partial charge in [-0.1, -0.05) is 0 Å². The quantitative estimate of drug-likeness (QED) is 0.769. The van der Waals surface area contributed by atoms with E-state index < -0.39 is 8.32 Å². The van der Waals surface area contributed by atoms with Crippen LogP contribution < -0.4 is 9.16 Å². The monoisotopic (exact) mass is 332 g/mol. The van der Waals surface area contributed by atoms with Crippen molar-refractivity contribution in [1.29, 1.82) is 0 Å². The second kappa shape index (κ2) is 6.44. The molecule has 20 heavy (non-hydrogen) atoms. The standard InChI is InChI=1S/C15H24O3Si.Cr/c1-15(2,3)19(6,7)18-13-9-8-12(11-16-4)14(10-13)17-5;/h8-10H,1-7H3;. The minimum absolute atomic E-state index is 0.168. The fourth-order valence-electron chi connectivity index (χ4n) is 1.46. The van der Waals surface area contributed by atoms with Crippen LogP contribution in [0.25, 0.3) is 0 Å². The number of hydrogen-bond donors (Lipinski definition) is 0. The molecule has 0 N–H and O–H groups in total. The molecule has 0 aromatic heterocycles. The van der Waals surface area contributed by atoms with E-state index in [0.717, 1.165) is 17.1 Å². The van der Waals surface area contributed by atoms with E-state index in [1.807, 2.05) is 18.2 Å². The summed E-state index contributed by atoms with van der Waals surface area (Å²) in [6.45, 7) is 11.1. The SMILES string of the molecule is CO[C](=[Cr])c1ccc(O[Si](C)(C)C(C)(C)C)cc1OC. The molecule has 112 valence electrons. The Bertz CT molecular complexity index is 492. The van der Waals surface area contributed by atoms with Crippen molar-refractivity contribution in [2.75, 3.05) is 14.2 Å². The van der Waals surface area contributed by atoms with E-state index in [1.165, 1.54) is 0 Å². The molecule has 3 nitrogen and oxygen atoms in total. The zero-order chi connectivity index (χ0) is 15.6. The summed E-state index contributed by atoms with van der Waals surface area (Å²) >= 11 is 2.89. The first kappa shape index (κ1) is 17.5. The van der Waals surface area contributed by atoms with Crippen LogP contribution >= 0.6 is 0 Å². The molecular formula is C15H24CrO3Si. The van der Waals surface area contributed by atoms with E-state index in [0.29, 0.717) is 4.57 Å². The summed E-state index contributed by atoms with van der Waals surface area (Å²) in [5.74, 6) is 1.60. The van der Waals surface area contributed by atoms with Gasteiger partial charge in [0.05, 0.1) is 0 Å². The predicted octanol–water partition coefficient (Wildman–Crippen LogP) is 3.75. The summed E-state index contributed by atoms with van der Waals surface area (Å²) in [6.07, 6.45) is 0. The van der Waals surface area contributed by atoms with Crippen LogP contribution in [0.3, 0.4) is 0 Å². The van der Waals surface area contributed by atoms with E-state index in [1.54, 1.807) is 14.2 Å². The molecule has 0 atom stereocenters. The second-order valence-corrected chi connectivity index (χ2v) is 11.5. The van der Waals surface area contributed by atoms with Crippen molar-refractivity contribution in [2.45, 2.75) is 38.9 Å². The zero-order valence-electron chi connectivity index (χ0n) is 13.4. The molecule has 1 aromatic carbocycles. The van der Waals surface area contributed by atoms with Gasteiger partial charge in [-0.15, -0.1) is 0 Å². The van der Waals surface area contributed by atoms with E-state index >= 15 is 0 Å². The van der Waals surface area contributed by atoms with Gasteiger partial charge in [0.15, 0.2) is 0 Å². The maximum absolute atomic E-state index is 6.28. The van der Waals surface area contributed by atoms with Gasteiger partial charge in [0, 0.05) is 0 Å². The molecule has 0 saturated carbocycles. The van der Waals surface area contributed by atoms with Gasteiger partial charge in [-0.25, -0.2) is 0 Å². The Morgan fingerprint density at radius 2 is 1.75 bits per heavy atom. The molecule has 0 fully saturated rings. The van der Waals surface area contributed by atoms with Crippen molar-refractivity contribution in [3.63, 3.8) is 0 Å². The third-order valence-corrected chi connectivity index (χ3v) is 8.72. The molecule has 0 aliphatic carbocycles. The maximum atomic E-state index is 6.28. The van der Waals surface area contributed by atoms with Gasteiger partial charge in [-0.2, -0.15) is 0 Å². The van der Waals surface area contributed by atoms with Crippen LogP contribution in [0.4, 0.5) is 0 Å². The molecule has 0 aliphatic rings. The van der Waals surface area contributed by atoms with Crippen LogP contribution in [0.15, 0.2) is 18.2 Å². The molecule has 0 unspecified atom stereocenters. The first-order valence-electron chi connectivity index (χ1n) is 6.58. The molecule has 0 amide bonds. The van der Waals surface area contributed by atoms with Crippen LogP contribution in [0.5, 0.6) is 11.5 Å². The Kier molecular flexibility index (Phi) is 5.62. The molecular weight excluding hydrogens is 308 g/mol. The molecule has 5 heteroatoms. The Hall–Kier alpha value is -0.601. The van der Waals surface area contributed by atoms with Gasteiger partial charge in [0.1, 0.15) is 0 Å². The molecule has 0 saturated heterocycles. The van der Waals surface area contributed by atoms with Crippen molar-refractivity contribution in [3.8, 4) is 11.5 Å². The number of ether oxygens (including phenoxy) is 2. The average molecular weight is 332 g/mol. The van der Waals surface area contributed by atoms with Crippen LogP contribution in [0, 0.1) is 0 Å². The van der Waals surface area contributed by atoms with Crippen LogP contribution in [0.2, 0.25) is 18.1 Å². The molecule has 0 radical (unpaired) electrons. The summed E-state index contributed by atoms with van der Waals surface area (Å²) in [6, 6.07) is 5.84. The molecule has 1 rings (SSSR count). The fraction of sp³-hybridized carbons (Fsp3) is 0.533. The van der Waals surface area contributed by atoms with Gasteiger partial charge in [0.25, 0.3) is 0 Å². The van der Waals surface area contributed by atoms with E-state index in [2.05, 4.69) is 49.7 Å². The Balaban J connectivity index is 3.09. The van der Waals surface area contributed by atoms with Crippen LogP contribution in [-0.2, 0) is 20.6 Å². The van der Waals surface area contributed by atoms with Crippen LogP contribution in [0.1, 0.15) is 26.3 Å². The number of benzene rings is 1. The summed E-state index contributed by atoms with van der Waals surface area (Å²) in [5.41, 5.74) is 0.901. The minimum atomic E-state index is -1.84.